The minimum absolute atomic E-state index is 0.0172. The second-order valence-electron chi connectivity index (χ2n) is 9.68. The van der Waals surface area contributed by atoms with Crippen LogP contribution in [0.5, 0.6) is 0 Å². The zero-order chi connectivity index (χ0) is 24.2. The topological polar surface area (TPSA) is 59.4 Å². The van der Waals surface area contributed by atoms with Crippen LogP contribution >= 0.6 is 11.3 Å². The number of thiazole rings is 1. The SMILES string of the molecule is CCc1ccc(/C=c2\s/c(=C\C(=O)C(C)(C)C)n(CC(=O)N(C(C)C)C(C)C)c2=O)cc1. The Morgan fingerprint density at radius 2 is 1.62 bits per heavy atom. The van der Waals surface area contributed by atoms with Gasteiger partial charge in [-0.3, -0.25) is 19.0 Å². The molecule has 5 nitrogen and oxygen atoms in total. The molecule has 0 aliphatic rings. The number of carbonyl (C=O) groups excluding carboxylic acids is 2. The minimum atomic E-state index is -0.573. The Balaban J connectivity index is 2.63. The molecule has 0 aliphatic carbocycles. The number of hydrogen-bond acceptors (Lipinski definition) is 4. The molecule has 1 heterocycles. The van der Waals surface area contributed by atoms with E-state index < -0.39 is 5.41 Å². The number of carbonyl (C=O) groups is 2. The van der Waals surface area contributed by atoms with Gasteiger partial charge in [0.15, 0.2) is 5.78 Å². The van der Waals surface area contributed by atoms with Crippen LogP contribution in [-0.2, 0) is 22.6 Å². The van der Waals surface area contributed by atoms with Crippen LogP contribution in [0.25, 0.3) is 12.2 Å². The van der Waals surface area contributed by atoms with Gasteiger partial charge >= 0.3 is 0 Å². The van der Waals surface area contributed by atoms with Crippen molar-refractivity contribution >= 4 is 35.2 Å². The molecule has 0 bridgehead atoms. The first-order chi connectivity index (χ1) is 14.8. The highest BCUT2D eigenvalue weighted by Gasteiger charge is 2.23. The van der Waals surface area contributed by atoms with E-state index in [0.717, 1.165) is 12.0 Å². The van der Waals surface area contributed by atoms with Crippen molar-refractivity contribution in [3.05, 3.63) is 54.9 Å². The Morgan fingerprint density at radius 1 is 1.06 bits per heavy atom. The zero-order valence-electron chi connectivity index (χ0n) is 20.6. The van der Waals surface area contributed by atoms with Crippen LogP contribution in [0.2, 0.25) is 0 Å². The third kappa shape index (κ3) is 6.28. The quantitative estimate of drug-likeness (QED) is 0.642. The first kappa shape index (κ1) is 25.8. The molecule has 174 valence electrons. The van der Waals surface area contributed by atoms with Gasteiger partial charge in [0.1, 0.15) is 11.2 Å². The molecule has 2 rings (SSSR count). The van der Waals surface area contributed by atoms with Gasteiger partial charge in [-0.1, -0.05) is 52.0 Å². The lowest BCUT2D eigenvalue weighted by atomic mass is 9.91. The molecule has 1 aromatic carbocycles. The zero-order valence-corrected chi connectivity index (χ0v) is 21.4. The Labute approximate surface area is 195 Å². The molecule has 0 N–H and O–H groups in total. The average Bonchev–Trinajstić information content (AvgIpc) is 2.96. The van der Waals surface area contributed by atoms with Gasteiger partial charge in [-0.15, -0.1) is 11.3 Å². The standard InChI is InChI=1S/C26H36N2O3S/c1-9-19-10-12-20(13-11-19)14-21-25(31)27(16-23(30)28(17(2)3)18(4)5)24(32-21)15-22(29)26(6,7)8/h10-15,17-18H,9,16H2,1-8H3/b21-14-,24-15-. The molecule has 1 aromatic heterocycles. The molecule has 32 heavy (non-hydrogen) atoms. The summed E-state index contributed by atoms with van der Waals surface area (Å²) in [5, 5.41) is 0. The van der Waals surface area contributed by atoms with E-state index in [1.54, 1.807) is 4.90 Å². The van der Waals surface area contributed by atoms with Crippen LogP contribution in [0.3, 0.4) is 0 Å². The highest BCUT2D eigenvalue weighted by molar-refractivity contribution is 7.07. The number of nitrogens with zero attached hydrogens (tertiary/aromatic N) is 2. The monoisotopic (exact) mass is 456 g/mol. The normalized spacial score (nSPS) is 13.3. The predicted octanol–water partition coefficient (Wildman–Crippen LogP) is 3.34. The summed E-state index contributed by atoms with van der Waals surface area (Å²) in [5.74, 6) is -0.213. The largest absolute Gasteiger partial charge is 0.336 e. The van der Waals surface area contributed by atoms with Gasteiger partial charge in [-0.05, 0) is 51.3 Å². The summed E-state index contributed by atoms with van der Waals surface area (Å²) >= 11 is 1.25. The molecular formula is C26H36N2O3S. The molecule has 1 amide bonds. The van der Waals surface area contributed by atoms with E-state index in [1.807, 2.05) is 78.8 Å². The molecular weight excluding hydrogens is 420 g/mol. The number of aryl methyl sites for hydroxylation is 1. The van der Waals surface area contributed by atoms with Crippen molar-refractivity contribution in [2.45, 2.75) is 80.4 Å². The van der Waals surface area contributed by atoms with E-state index in [4.69, 9.17) is 0 Å². The van der Waals surface area contributed by atoms with Crippen molar-refractivity contribution in [1.29, 1.82) is 0 Å². The number of benzene rings is 1. The Morgan fingerprint density at radius 3 is 2.09 bits per heavy atom. The van der Waals surface area contributed by atoms with Gasteiger partial charge in [0.05, 0.1) is 4.53 Å². The summed E-state index contributed by atoms with van der Waals surface area (Å²) in [6.07, 6.45) is 4.28. The number of hydrogen-bond donors (Lipinski definition) is 0. The first-order valence-electron chi connectivity index (χ1n) is 11.2. The van der Waals surface area contributed by atoms with Crippen molar-refractivity contribution in [2.75, 3.05) is 0 Å². The molecule has 0 aliphatic heterocycles. The lowest BCUT2D eigenvalue weighted by Gasteiger charge is -2.30. The number of amides is 1. The van der Waals surface area contributed by atoms with E-state index >= 15 is 0 Å². The highest BCUT2D eigenvalue weighted by Crippen LogP contribution is 2.15. The van der Waals surface area contributed by atoms with Crippen LogP contribution in [0, 0.1) is 5.41 Å². The number of Topliss-reactive ketones (excluding diaryl/α,β-unsaturated/α-hetero) is 1. The van der Waals surface area contributed by atoms with E-state index in [0.29, 0.717) is 9.20 Å². The maximum absolute atomic E-state index is 13.3. The minimum Gasteiger partial charge on any atom is -0.336 e. The summed E-state index contributed by atoms with van der Waals surface area (Å²) in [5.41, 5.74) is 1.32. The first-order valence-corrected chi connectivity index (χ1v) is 12.0. The third-order valence-corrected chi connectivity index (χ3v) is 6.37. The number of aromatic nitrogens is 1. The molecule has 0 saturated heterocycles. The molecule has 0 fully saturated rings. The molecule has 0 unspecified atom stereocenters. The van der Waals surface area contributed by atoms with Crippen LogP contribution in [0.1, 0.15) is 66.5 Å². The summed E-state index contributed by atoms with van der Waals surface area (Å²) < 4.78 is 2.46. The molecule has 0 atom stereocenters. The van der Waals surface area contributed by atoms with E-state index in [2.05, 4.69) is 6.92 Å². The Bertz CT molecular complexity index is 1120. The van der Waals surface area contributed by atoms with Gasteiger partial charge in [0.25, 0.3) is 5.56 Å². The van der Waals surface area contributed by atoms with Crippen LogP contribution in [0.4, 0.5) is 0 Å². The summed E-state index contributed by atoms with van der Waals surface area (Å²) in [4.78, 5) is 40.8. The van der Waals surface area contributed by atoms with Gasteiger partial charge < -0.3 is 4.90 Å². The fourth-order valence-electron chi connectivity index (χ4n) is 3.51. The number of ketones is 1. The van der Waals surface area contributed by atoms with Crippen LogP contribution in [0.15, 0.2) is 29.1 Å². The van der Waals surface area contributed by atoms with E-state index in [1.165, 1.54) is 27.5 Å². The maximum Gasteiger partial charge on any atom is 0.269 e. The predicted molar refractivity (Wildman–Crippen MR) is 133 cm³/mol. The lowest BCUT2D eigenvalue weighted by Crippen LogP contribution is -2.46. The van der Waals surface area contributed by atoms with Crippen LogP contribution in [-0.4, -0.2) is 33.2 Å². The second-order valence-corrected chi connectivity index (χ2v) is 10.7. The Kier molecular flexibility index (Phi) is 8.41. The van der Waals surface area contributed by atoms with Crippen molar-refractivity contribution in [3.8, 4) is 0 Å². The highest BCUT2D eigenvalue weighted by atomic mass is 32.1. The molecule has 6 heteroatoms. The van der Waals surface area contributed by atoms with Gasteiger partial charge in [0, 0.05) is 23.6 Å². The van der Waals surface area contributed by atoms with Gasteiger partial charge in [-0.25, -0.2) is 0 Å². The number of rotatable bonds is 7. The van der Waals surface area contributed by atoms with Gasteiger partial charge in [-0.2, -0.15) is 0 Å². The van der Waals surface area contributed by atoms with E-state index in [9.17, 15) is 14.4 Å². The second kappa shape index (κ2) is 10.4. The lowest BCUT2D eigenvalue weighted by molar-refractivity contribution is -0.135. The van der Waals surface area contributed by atoms with Crippen molar-refractivity contribution in [1.82, 2.24) is 9.47 Å². The van der Waals surface area contributed by atoms with Crippen LogP contribution < -0.4 is 14.8 Å². The van der Waals surface area contributed by atoms with Gasteiger partial charge in [0.2, 0.25) is 5.91 Å². The average molecular weight is 457 g/mol. The van der Waals surface area contributed by atoms with Crippen molar-refractivity contribution in [2.24, 2.45) is 5.41 Å². The fourth-order valence-corrected chi connectivity index (χ4v) is 4.55. The summed E-state index contributed by atoms with van der Waals surface area (Å²) in [6, 6.07) is 8.08. The van der Waals surface area contributed by atoms with Crippen molar-refractivity contribution < 1.29 is 9.59 Å². The van der Waals surface area contributed by atoms with E-state index in [-0.39, 0.29) is 35.9 Å². The smallest absolute Gasteiger partial charge is 0.269 e. The maximum atomic E-state index is 13.3. The molecule has 0 saturated carbocycles. The Hall–Kier alpha value is -2.47. The molecule has 0 radical (unpaired) electrons. The third-order valence-electron chi connectivity index (χ3n) is 5.31. The summed E-state index contributed by atoms with van der Waals surface area (Å²) in [7, 11) is 0. The summed E-state index contributed by atoms with van der Waals surface area (Å²) in [6.45, 7) is 15.4. The van der Waals surface area contributed by atoms with Crippen molar-refractivity contribution in [3.63, 3.8) is 0 Å². The molecule has 0 spiro atoms. The molecule has 2 aromatic rings. The fraction of sp³-hybridized carbons (Fsp3) is 0.500.